The molecule has 1 aromatic carbocycles. The maximum Gasteiger partial charge on any atom is 0.264 e. The van der Waals surface area contributed by atoms with E-state index in [2.05, 4.69) is 15.0 Å². The number of piperazine rings is 1. The lowest BCUT2D eigenvalue weighted by molar-refractivity contribution is -0.130. The third-order valence-corrected chi connectivity index (χ3v) is 6.76. The van der Waals surface area contributed by atoms with Crippen molar-refractivity contribution in [2.45, 2.75) is 30.3 Å². The van der Waals surface area contributed by atoms with Crippen molar-refractivity contribution < 1.29 is 19.1 Å². The zero-order valence-electron chi connectivity index (χ0n) is 17.5. The van der Waals surface area contributed by atoms with E-state index in [4.69, 9.17) is 9.47 Å². The van der Waals surface area contributed by atoms with Crippen LogP contribution in [0.4, 0.5) is 0 Å². The summed E-state index contributed by atoms with van der Waals surface area (Å²) in [4.78, 5) is 33.5. The Morgan fingerprint density at radius 3 is 2.53 bits per heavy atom. The van der Waals surface area contributed by atoms with E-state index in [1.54, 1.807) is 28.1 Å². The first-order chi connectivity index (χ1) is 14.4. The summed E-state index contributed by atoms with van der Waals surface area (Å²) < 4.78 is 12.4. The van der Waals surface area contributed by atoms with Crippen LogP contribution < -0.4 is 9.47 Å². The van der Waals surface area contributed by atoms with Gasteiger partial charge in [-0.1, -0.05) is 17.8 Å². The van der Waals surface area contributed by atoms with Crippen LogP contribution in [-0.2, 0) is 4.79 Å². The number of thioether (sulfide) groups is 1. The first-order valence-corrected chi connectivity index (χ1v) is 10.7. The molecule has 160 valence electrons. The van der Waals surface area contributed by atoms with E-state index in [0.29, 0.717) is 48.7 Å². The number of hydrogen-bond acceptors (Lipinski definition) is 8. The summed E-state index contributed by atoms with van der Waals surface area (Å²) in [5, 5.41) is 4.46. The molecule has 2 atom stereocenters. The van der Waals surface area contributed by atoms with E-state index in [-0.39, 0.29) is 17.9 Å². The second-order valence-electron chi connectivity index (χ2n) is 7.32. The van der Waals surface area contributed by atoms with E-state index in [1.165, 1.54) is 16.4 Å². The quantitative estimate of drug-likeness (QED) is 0.706. The second-order valence-corrected chi connectivity index (χ2v) is 8.43. The molecule has 1 fully saturated rings. The molecular weight excluding hydrogens is 406 g/mol. The highest BCUT2D eigenvalue weighted by molar-refractivity contribution is 8.00. The molecule has 0 saturated carbocycles. The van der Waals surface area contributed by atoms with E-state index < -0.39 is 5.25 Å². The summed E-state index contributed by atoms with van der Waals surface area (Å²) >= 11 is 1.43. The van der Waals surface area contributed by atoms with Crippen molar-refractivity contribution in [1.82, 2.24) is 24.6 Å². The van der Waals surface area contributed by atoms with Crippen LogP contribution in [-0.4, -0.2) is 82.0 Å². The van der Waals surface area contributed by atoms with Crippen LogP contribution in [0.3, 0.4) is 0 Å². The van der Waals surface area contributed by atoms with Crippen molar-refractivity contribution in [2.24, 2.45) is 0 Å². The van der Waals surface area contributed by atoms with Gasteiger partial charge in [0, 0.05) is 44.7 Å². The van der Waals surface area contributed by atoms with Gasteiger partial charge in [-0.15, -0.1) is 5.10 Å². The van der Waals surface area contributed by atoms with Gasteiger partial charge in [0.15, 0.2) is 5.16 Å². The average molecular weight is 432 g/mol. The predicted octanol–water partition coefficient (Wildman–Crippen LogP) is 1.62. The number of hydrogen-bond donors (Lipinski definition) is 0. The van der Waals surface area contributed by atoms with Gasteiger partial charge < -0.3 is 14.4 Å². The monoisotopic (exact) mass is 431 g/mol. The summed E-state index contributed by atoms with van der Waals surface area (Å²) in [6.45, 7) is 5.94. The van der Waals surface area contributed by atoms with Crippen molar-refractivity contribution in [3.63, 3.8) is 0 Å². The molecule has 2 unspecified atom stereocenters. The van der Waals surface area contributed by atoms with E-state index in [1.807, 2.05) is 23.1 Å². The van der Waals surface area contributed by atoms with Crippen LogP contribution in [0.5, 0.6) is 11.5 Å². The van der Waals surface area contributed by atoms with Gasteiger partial charge in [0.05, 0.1) is 20.3 Å². The van der Waals surface area contributed by atoms with Crippen LogP contribution in [0.1, 0.15) is 29.1 Å². The SMILES string of the molecule is COc1ccc(C(C2Sc3nc(C)nn3C2=O)N2CCN(C(C)=O)CC2)c(OC)c1. The van der Waals surface area contributed by atoms with Crippen LogP contribution >= 0.6 is 11.8 Å². The number of fused-ring (bicyclic) bond motifs is 1. The molecule has 0 spiro atoms. The summed E-state index contributed by atoms with van der Waals surface area (Å²) in [5.41, 5.74) is 0.905. The Kier molecular flexibility index (Phi) is 5.70. The highest BCUT2D eigenvalue weighted by Crippen LogP contribution is 2.44. The smallest absolute Gasteiger partial charge is 0.264 e. The van der Waals surface area contributed by atoms with Gasteiger partial charge in [-0.2, -0.15) is 4.68 Å². The largest absolute Gasteiger partial charge is 0.497 e. The van der Waals surface area contributed by atoms with Crippen LogP contribution in [0, 0.1) is 6.92 Å². The molecule has 2 aromatic rings. The topological polar surface area (TPSA) is 89.8 Å². The van der Waals surface area contributed by atoms with Crippen LogP contribution in [0.2, 0.25) is 0 Å². The Morgan fingerprint density at radius 2 is 1.93 bits per heavy atom. The maximum atomic E-state index is 13.2. The highest BCUT2D eigenvalue weighted by atomic mass is 32.2. The number of ether oxygens (including phenoxy) is 2. The van der Waals surface area contributed by atoms with Crippen molar-refractivity contribution >= 4 is 23.6 Å². The second kappa shape index (κ2) is 8.27. The van der Waals surface area contributed by atoms with Gasteiger partial charge in [-0.25, -0.2) is 4.98 Å². The maximum absolute atomic E-state index is 13.2. The van der Waals surface area contributed by atoms with Gasteiger partial charge in [-0.3, -0.25) is 14.5 Å². The lowest BCUT2D eigenvalue weighted by atomic mass is 9.98. The van der Waals surface area contributed by atoms with Gasteiger partial charge in [0.1, 0.15) is 22.6 Å². The molecule has 2 aliphatic heterocycles. The van der Waals surface area contributed by atoms with E-state index in [9.17, 15) is 9.59 Å². The fourth-order valence-electron chi connectivity index (χ4n) is 4.03. The Hall–Kier alpha value is -2.59. The summed E-state index contributed by atoms with van der Waals surface area (Å²) in [5.74, 6) is 1.91. The summed E-state index contributed by atoms with van der Waals surface area (Å²) in [7, 11) is 3.22. The predicted molar refractivity (Wildman–Crippen MR) is 111 cm³/mol. The van der Waals surface area contributed by atoms with Gasteiger partial charge in [-0.05, 0) is 13.0 Å². The first kappa shape index (κ1) is 20.7. The minimum atomic E-state index is -0.410. The molecule has 30 heavy (non-hydrogen) atoms. The van der Waals surface area contributed by atoms with Gasteiger partial charge >= 0.3 is 0 Å². The van der Waals surface area contributed by atoms with Crippen molar-refractivity contribution in [3.8, 4) is 11.5 Å². The number of aromatic nitrogens is 3. The minimum Gasteiger partial charge on any atom is -0.497 e. The third kappa shape index (κ3) is 3.65. The first-order valence-electron chi connectivity index (χ1n) is 9.79. The number of aryl methyl sites for hydroxylation is 1. The molecule has 0 N–H and O–H groups in total. The number of methoxy groups -OCH3 is 2. The van der Waals surface area contributed by atoms with E-state index >= 15 is 0 Å². The lowest BCUT2D eigenvalue weighted by Gasteiger charge is -2.41. The number of benzene rings is 1. The molecule has 1 saturated heterocycles. The number of nitrogens with zero attached hydrogens (tertiary/aromatic N) is 5. The zero-order chi connectivity index (χ0) is 21.4. The highest BCUT2D eigenvalue weighted by Gasteiger charge is 2.44. The molecule has 0 aliphatic carbocycles. The van der Waals surface area contributed by atoms with Crippen LogP contribution in [0.25, 0.3) is 0 Å². The zero-order valence-corrected chi connectivity index (χ0v) is 18.3. The van der Waals surface area contributed by atoms with E-state index in [0.717, 1.165) is 5.56 Å². The van der Waals surface area contributed by atoms with Gasteiger partial charge in [0.2, 0.25) is 5.91 Å². The Labute approximate surface area is 179 Å². The molecular formula is C20H25N5O4S. The number of carbonyl (C=O) groups excluding carboxylic acids is 2. The minimum absolute atomic E-state index is 0.0688. The molecule has 0 radical (unpaired) electrons. The van der Waals surface area contributed by atoms with Crippen molar-refractivity contribution in [1.29, 1.82) is 0 Å². The average Bonchev–Trinajstić information content (AvgIpc) is 3.26. The Morgan fingerprint density at radius 1 is 1.20 bits per heavy atom. The van der Waals surface area contributed by atoms with Gasteiger partial charge in [0.25, 0.3) is 5.91 Å². The molecule has 0 bridgehead atoms. The summed E-state index contributed by atoms with van der Waals surface area (Å²) in [6, 6.07) is 5.41. The summed E-state index contributed by atoms with van der Waals surface area (Å²) in [6.07, 6.45) is 0. The van der Waals surface area contributed by atoms with Crippen LogP contribution in [0.15, 0.2) is 23.4 Å². The lowest BCUT2D eigenvalue weighted by Crippen LogP contribution is -2.51. The number of carbonyl (C=O) groups is 2. The molecule has 1 aromatic heterocycles. The molecule has 9 nitrogen and oxygen atoms in total. The molecule has 1 amide bonds. The molecule has 4 rings (SSSR count). The number of amides is 1. The Bertz CT molecular complexity index is 970. The standard InChI is InChI=1S/C20H25N5O4S/c1-12-21-20-25(22-12)19(27)18(30-20)17(24-9-7-23(8-10-24)13(2)26)15-6-5-14(28-3)11-16(15)29-4/h5-6,11,17-18H,7-10H2,1-4H3. The number of rotatable bonds is 5. The fraction of sp³-hybridized carbons (Fsp3) is 0.500. The molecule has 2 aliphatic rings. The third-order valence-electron chi connectivity index (χ3n) is 5.57. The Balaban J connectivity index is 1.70. The molecule has 3 heterocycles. The fourth-order valence-corrected chi connectivity index (χ4v) is 5.32. The molecule has 10 heteroatoms. The normalized spacial score (nSPS) is 20.2. The van der Waals surface area contributed by atoms with Crippen molar-refractivity contribution in [3.05, 3.63) is 29.6 Å². The van der Waals surface area contributed by atoms with Crippen molar-refractivity contribution in [2.75, 3.05) is 40.4 Å².